The van der Waals surface area contributed by atoms with E-state index in [9.17, 15) is 0 Å². The monoisotopic (exact) mass is 300 g/mol. The van der Waals surface area contributed by atoms with E-state index < -0.39 is 0 Å². The van der Waals surface area contributed by atoms with Gasteiger partial charge >= 0.3 is 0 Å². The molecule has 0 aromatic heterocycles. The Morgan fingerprint density at radius 1 is 1.20 bits per heavy atom. The predicted octanol–water partition coefficient (Wildman–Crippen LogP) is 2.18. The first-order valence-electron chi connectivity index (χ1n) is 7.10. The van der Waals surface area contributed by atoms with E-state index in [1.54, 1.807) is 0 Å². The summed E-state index contributed by atoms with van der Waals surface area (Å²) in [5.74, 6) is 1.80. The van der Waals surface area contributed by atoms with Crippen molar-refractivity contribution in [2.45, 2.75) is 19.9 Å². The molecular formula is C15H25ClN2O2. The van der Waals surface area contributed by atoms with Crippen molar-refractivity contribution in [3.63, 3.8) is 0 Å². The molecule has 1 aromatic rings. The van der Waals surface area contributed by atoms with Gasteiger partial charge in [-0.2, -0.15) is 0 Å². The van der Waals surface area contributed by atoms with Crippen LogP contribution >= 0.6 is 12.4 Å². The lowest BCUT2D eigenvalue weighted by atomic mass is 10.2. The average Bonchev–Trinajstić information content (AvgIpc) is 2.43. The van der Waals surface area contributed by atoms with Crippen molar-refractivity contribution in [2.24, 2.45) is 0 Å². The number of hydrogen-bond donors (Lipinski definition) is 1. The van der Waals surface area contributed by atoms with Gasteiger partial charge < -0.3 is 14.8 Å². The first-order valence-corrected chi connectivity index (χ1v) is 7.10. The molecule has 0 amide bonds. The second-order valence-corrected chi connectivity index (χ2v) is 4.84. The van der Waals surface area contributed by atoms with Crippen LogP contribution in [0.3, 0.4) is 0 Å². The van der Waals surface area contributed by atoms with Gasteiger partial charge in [-0.1, -0.05) is 0 Å². The van der Waals surface area contributed by atoms with Gasteiger partial charge in [-0.25, -0.2) is 0 Å². The van der Waals surface area contributed by atoms with Gasteiger partial charge in [0.15, 0.2) is 0 Å². The van der Waals surface area contributed by atoms with Crippen LogP contribution in [0.1, 0.15) is 13.8 Å². The minimum absolute atomic E-state index is 0. The molecule has 5 heteroatoms. The van der Waals surface area contributed by atoms with E-state index >= 15 is 0 Å². The largest absolute Gasteiger partial charge is 0.494 e. The van der Waals surface area contributed by atoms with Crippen LogP contribution in [0.4, 0.5) is 0 Å². The van der Waals surface area contributed by atoms with E-state index in [-0.39, 0.29) is 12.4 Å². The lowest BCUT2D eigenvalue weighted by Crippen LogP contribution is -2.50. The molecule has 0 bridgehead atoms. The summed E-state index contributed by atoms with van der Waals surface area (Å²) in [6.45, 7) is 9.90. The van der Waals surface area contributed by atoms with Crippen LogP contribution < -0.4 is 14.8 Å². The predicted molar refractivity (Wildman–Crippen MR) is 84.3 cm³/mol. The summed E-state index contributed by atoms with van der Waals surface area (Å²) in [5.41, 5.74) is 0. The Morgan fingerprint density at radius 2 is 1.85 bits per heavy atom. The van der Waals surface area contributed by atoms with Crippen molar-refractivity contribution >= 4 is 12.4 Å². The summed E-state index contributed by atoms with van der Waals surface area (Å²) < 4.78 is 11.2. The Hall–Kier alpha value is -0.970. The van der Waals surface area contributed by atoms with Gasteiger partial charge in [0.2, 0.25) is 0 Å². The number of piperazine rings is 1. The topological polar surface area (TPSA) is 33.7 Å². The first-order chi connectivity index (χ1) is 9.29. The molecule has 1 saturated heterocycles. The van der Waals surface area contributed by atoms with Gasteiger partial charge in [0.1, 0.15) is 18.1 Å². The van der Waals surface area contributed by atoms with Crippen molar-refractivity contribution in [1.29, 1.82) is 0 Å². The smallest absolute Gasteiger partial charge is 0.119 e. The molecule has 114 valence electrons. The van der Waals surface area contributed by atoms with Crippen molar-refractivity contribution in [2.75, 3.05) is 39.4 Å². The quantitative estimate of drug-likeness (QED) is 0.873. The lowest BCUT2D eigenvalue weighted by Gasteiger charge is -2.33. The SMILES string of the molecule is CCOc1ccc(OCCN2CCNCC2C)cc1.Cl. The molecule has 4 nitrogen and oxygen atoms in total. The second-order valence-electron chi connectivity index (χ2n) is 4.84. The normalized spacial score (nSPS) is 19.2. The maximum atomic E-state index is 5.77. The van der Waals surface area contributed by atoms with Crippen LogP contribution in [0, 0.1) is 0 Å². The second kappa shape index (κ2) is 9.06. The molecule has 1 aromatic carbocycles. The van der Waals surface area contributed by atoms with Gasteiger partial charge in [0.25, 0.3) is 0 Å². The van der Waals surface area contributed by atoms with Gasteiger partial charge in [-0.05, 0) is 38.1 Å². The Labute approximate surface area is 127 Å². The highest BCUT2D eigenvalue weighted by Gasteiger charge is 2.16. The van der Waals surface area contributed by atoms with E-state index in [1.807, 2.05) is 31.2 Å². The molecular weight excluding hydrogens is 276 g/mol. The highest BCUT2D eigenvalue weighted by atomic mass is 35.5. The molecule has 0 aliphatic carbocycles. The fraction of sp³-hybridized carbons (Fsp3) is 0.600. The minimum Gasteiger partial charge on any atom is -0.494 e. The van der Waals surface area contributed by atoms with Crippen LogP contribution in [0.2, 0.25) is 0 Å². The summed E-state index contributed by atoms with van der Waals surface area (Å²) in [4.78, 5) is 2.46. The summed E-state index contributed by atoms with van der Waals surface area (Å²) in [6, 6.07) is 8.43. The molecule has 1 fully saturated rings. The molecule has 2 rings (SSSR count). The Bertz CT molecular complexity index is 373. The Balaban J connectivity index is 0.00000200. The number of nitrogens with one attached hydrogen (secondary N) is 1. The zero-order chi connectivity index (χ0) is 13.5. The molecule has 1 aliphatic rings. The van der Waals surface area contributed by atoms with Gasteiger partial charge in [-0.3, -0.25) is 4.90 Å². The molecule has 1 N–H and O–H groups in total. The molecule has 0 saturated carbocycles. The standard InChI is InChI=1S/C15H24N2O2.ClH/c1-3-18-14-4-6-15(7-5-14)19-11-10-17-9-8-16-12-13(17)2;/h4-7,13,16H,3,8-12H2,1-2H3;1H. The third kappa shape index (κ3) is 5.19. The molecule has 1 unspecified atom stereocenters. The third-order valence-electron chi connectivity index (χ3n) is 3.42. The van der Waals surface area contributed by atoms with Gasteiger partial charge in [-0.15, -0.1) is 12.4 Å². The van der Waals surface area contributed by atoms with Crippen LogP contribution in [-0.4, -0.2) is 50.3 Å². The third-order valence-corrected chi connectivity index (χ3v) is 3.42. The van der Waals surface area contributed by atoms with Crippen LogP contribution in [0.15, 0.2) is 24.3 Å². The van der Waals surface area contributed by atoms with Crippen molar-refractivity contribution in [3.05, 3.63) is 24.3 Å². The van der Waals surface area contributed by atoms with E-state index in [2.05, 4.69) is 17.1 Å². The number of halogens is 1. The molecule has 20 heavy (non-hydrogen) atoms. The van der Waals surface area contributed by atoms with Crippen molar-refractivity contribution in [3.8, 4) is 11.5 Å². The number of ether oxygens (including phenoxy) is 2. The zero-order valence-corrected chi connectivity index (χ0v) is 13.1. The summed E-state index contributed by atoms with van der Waals surface area (Å²) in [5, 5.41) is 3.39. The molecule has 0 spiro atoms. The summed E-state index contributed by atoms with van der Waals surface area (Å²) in [6.07, 6.45) is 0. The molecule has 1 atom stereocenters. The van der Waals surface area contributed by atoms with Gasteiger partial charge in [0.05, 0.1) is 6.61 Å². The number of benzene rings is 1. The van der Waals surface area contributed by atoms with Crippen molar-refractivity contribution in [1.82, 2.24) is 10.2 Å². The highest BCUT2D eigenvalue weighted by Crippen LogP contribution is 2.17. The Kier molecular flexibility index (Phi) is 7.73. The fourth-order valence-electron chi connectivity index (χ4n) is 2.29. The van der Waals surface area contributed by atoms with Crippen LogP contribution in [-0.2, 0) is 0 Å². The number of hydrogen-bond acceptors (Lipinski definition) is 4. The van der Waals surface area contributed by atoms with Crippen molar-refractivity contribution < 1.29 is 9.47 Å². The zero-order valence-electron chi connectivity index (χ0n) is 12.3. The van der Waals surface area contributed by atoms with Crippen LogP contribution in [0.25, 0.3) is 0 Å². The van der Waals surface area contributed by atoms with E-state index in [0.29, 0.717) is 12.6 Å². The highest BCUT2D eigenvalue weighted by molar-refractivity contribution is 5.85. The maximum Gasteiger partial charge on any atom is 0.119 e. The van der Waals surface area contributed by atoms with E-state index in [1.165, 1.54) is 0 Å². The van der Waals surface area contributed by atoms with Crippen LogP contribution in [0.5, 0.6) is 11.5 Å². The average molecular weight is 301 g/mol. The first kappa shape index (κ1) is 17.1. The van der Waals surface area contributed by atoms with Gasteiger partial charge in [0, 0.05) is 32.2 Å². The lowest BCUT2D eigenvalue weighted by molar-refractivity contribution is 0.143. The number of rotatable bonds is 6. The number of nitrogens with zero attached hydrogens (tertiary/aromatic N) is 1. The Morgan fingerprint density at radius 3 is 2.45 bits per heavy atom. The molecule has 0 radical (unpaired) electrons. The maximum absolute atomic E-state index is 5.77. The molecule has 1 heterocycles. The van der Waals surface area contributed by atoms with E-state index in [4.69, 9.17) is 9.47 Å². The van der Waals surface area contributed by atoms with E-state index in [0.717, 1.165) is 44.3 Å². The minimum atomic E-state index is 0. The summed E-state index contributed by atoms with van der Waals surface area (Å²) in [7, 11) is 0. The fourth-order valence-corrected chi connectivity index (χ4v) is 2.29. The summed E-state index contributed by atoms with van der Waals surface area (Å²) >= 11 is 0. The molecule has 1 aliphatic heterocycles.